The molecule has 1 aliphatic heterocycles. The summed E-state index contributed by atoms with van der Waals surface area (Å²) in [6.45, 7) is 6.03. The molecule has 0 bridgehead atoms. The number of allylic oxidation sites excluding steroid dienone is 12. The van der Waals surface area contributed by atoms with E-state index in [1.807, 2.05) is 26.0 Å². The number of carbonyl (C=O) groups excluding carboxylic acids is 1. The Labute approximate surface area is 200 Å². The highest BCUT2D eigenvalue weighted by Gasteiger charge is 2.10. The quantitative estimate of drug-likeness (QED) is 0.463. The minimum Gasteiger partial charge on any atom is -0.386 e. The van der Waals surface area contributed by atoms with Gasteiger partial charge in [0.2, 0.25) is 5.91 Å². The molecule has 0 aliphatic carbocycles. The third-order valence-electron chi connectivity index (χ3n) is 5.11. The second-order valence-electron chi connectivity index (χ2n) is 8.32. The van der Waals surface area contributed by atoms with Crippen LogP contribution in [0.5, 0.6) is 0 Å². The van der Waals surface area contributed by atoms with Gasteiger partial charge in [-0.3, -0.25) is 4.79 Å². The molecule has 33 heavy (non-hydrogen) atoms. The molecule has 1 heterocycles. The molecular weight excluding hydrogens is 410 g/mol. The molecule has 180 valence electrons. The van der Waals surface area contributed by atoms with Crippen LogP contribution in [-0.2, 0) is 4.79 Å². The molecule has 0 saturated heterocycles. The summed E-state index contributed by atoms with van der Waals surface area (Å²) >= 11 is 0. The van der Waals surface area contributed by atoms with E-state index in [9.17, 15) is 15.0 Å². The second kappa shape index (κ2) is 17.8. The summed E-state index contributed by atoms with van der Waals surface area (Å²) in [5.41, 5.74) is 1.93. The number of aliphatic hydroxyl groups excluding tert-OH is 2. The first-order valence-corrected chi connectivity index (χ1v) is 12.0. The van der Waals surface area contributed by atoms with Gasteiger partial charge < -0.3 is 15.5 Å². The molecule has 0 fully saturated rings. The van der Waals surface area contributed by atoms with Gasteiger partial charge in [-0.15, -0.1) is 0 Å². The van der Waals surface area contributed by atoms with Gasteiger partial charge in [0, 0.05) is 12.1 Å². The average molecular weight is 452 g/mol. The van der Waals surface area contributed by atoms with Crippen LogP contribution < -0.4 is 5.32 Å². The van der Waals surface area contributed by atoms with Gasteiger partial charge in [-0.1, -0.05) is 103 Å². The molecule has 1 rings (SSSR count). The first kappa shape index (κ1) is 28.3. The first-order valence-electron chi connectivity index (χ1n) is 12.0. The van der Waals surface area contributed by atoms with Crippen molar-refractivity contribution >= 4 is 5.91 Å². The molecule has 3 atom stereocenters. The number of aliphatic hydroxyl groups is 2. The highest BCUT2D eigenvalue weighted by atomic mass is 16.3. The molecule has 4 nitrogen and oxygen atoms in total. The Morgan fingerprint density at radius 2 is 1.67 bits per heavy atom. The van der Waals surface area contributed by atoms with Crippen molar-refractivity contribution in [1.29, 1.82) is 0 Å². The van der Waals surface area contributed by atoms with Gasteiger partial charge in [0.05, 0.1) is 0 Å². The van der Waals surface area contributed by atoms with E-state index in [4.69, 9.17) is 0 Å². The van der Waals surface area contributed by atoms with E-state index in [0.717, 1.165) is 49.7 Å². The zero-order valence-corrected chi connectivity index (χ0v) is 20.4. The van der Waals surface area contributed by atoms with E-state index in [1.54, 1.807) is 36.5 Å². The first-order chi connectivity index (χ1) is 15.9. The molecule has 0 aromatic heterocycles. The van der Waals surface area contributed by atoms with Crippen molar-refractivity contribution in [2.75, 3.05) is 0 Å². The monoisotopic (exact) mass is 451 g/mol. The molecule has 0 aromatic rings. The van der Waals surface area contributed by atoms with Crippen LogP contribution >= 0.6 is 0 Å². The number of amides is 1. The van der Waals surface area contributed by atoms with Crippen molar-refractivity contribution in [1.82, 2.24) is 5.32 Å². The Kier molecular flexibility index (Phi) is 15.3. The number of unbranched alkanes of at least 4 members (excludes halogenated alkanes) is 1. The van der Waals surface area contributed by atoms with E-state index in [-0.39, 0.29) is 11.9 Å². The summed E-state index contributed by atoms with van der Waals surface area (Å²) in [7, 11) is 0. The van der Waals surface area contributed by atoms with Crippen molar-refractivity contribution in [3.05, 3.63) is 96.2 Å². The standard InChI is InChI=1S/C29H41NO3/c1-4-5-6-7-8-9-19-26-20-13-10-16-24(2)17-11-14-21-27(31)28(32)23-25(3)18-12-15-22-29(33)30-26/h6-9,11-12,14-18,21-23,26-28,31-32H,4-5,10,13,19-20H2,1-3H3,(H,30,33)/b7-6+,9-8+,17-11+,18-12-,21-14-,22-15+,24-16+,25-23+/t26-,27-,28+/m1/s1. The summed E-state index contributed by atoms with van der Waals surface area (Å²) in [5.74, 6) is -0.120. The lowest BCUT2D eigenvalue weighted by Gasteiger charge is -2.15. The van der Waals surface area contributed by atoms with E-state index in [1.165, 1.54) is 6.08 Å². The molecule has 4 heteroatoms. The molecule has 0 spiro atoms. The van der Waals surface area contributed by atoms with Crippen LogP contribution in [0.4, 0.5) is 0 Å². The summed E-state index contributed by atoms with van der Waals surface area (Å²) in [4.78, 5) is 12.4. The van der Waals surface area contributed by atoms with E-state index in [2.05, 4.69) is 42.6 Å². The molecule has 1 aliphatic rings. The van der Waals surface area contributed by atoms with E-state index in [0.29, 0.717) is 0 Å². The SMILES string of the molecule is CCC/C=C/C=C/C[C@@H]1CCC/C=C(C)/C=C/C=C\[C@@H](O)[C@@H](O)/C=C(C)/C=C\C=C\C(=O)N1. The smallest absolute Gasteiger partial charge is 0.244 e. The van der Waals surface area contributed by atoms with Gasteiger partial charge >= 0.3 is 0 Å². The van der Waals surface area contributed by atoms with Gasteiger partial charge in [0.15, 0.2) is 0 Å². The van der Waals surface area contributed by atoms with Gasteiger partial charge in [-0.05, 0) is 46.0 Å². The normalized spacial score (nSPS) is 31.2. The Morgan fingerprint density at radius 3 is 2.45 bits per heavy atom. The van der Waals surface area contributed by atoms with E-state index < -0.39 is 12.2 Å². The lowest BCUT2D eigenvalue weighted by atomic mass is 10.0. The van der Waals surface area contributed by atoms with Gasteiger partial charge in [0.25, 0.3) is 0 Å². The van der Waals surface area contributed by atoms with Crippen LogP contribution in [0.1, 0.15) is 59.3 Å². The summed E-state index contributed by atoms with van der Waals surface area (Å²) in [6, 6.07) is 0.0815. The number of nitrogens with one attached hydrogen (secondary N) is 1. The molecule has 0 saturated carbocycles. The van der Waals surface area contributed by atoms with E-state index >= 15 is 0 Å². The highest BCUT2D eigenvalue weighted by molar-refractivity contribution is 5.88. The minimum absolute atomic E-state index is 0.0815. The minimum atomic E-state index is -1.00. The predicted octanol–water partition coefficient (Wildman–Crippen LogP) is 5.80. The highest BCUT2D eigenvalue weighted by Crippen LogP contribution is 2.10. The second-order valence-corrected chi connectivity index (χ2v) is 8.32. The summed E-state index contributed by atoms with van der Waals surface area (Å²) < 4.78 is 0. The van der Waals surface area contributed by atoms with Crippen LogP contribution in [0, 0.1) is 0 Å². The van der Waals surface area contributed by atoms with Crippen molar-refractivity contribution in [2.45, 2.75) is 77.5 Å². The Bertz CT molecular complexity index is 809. The Hall–Kier alpha value is -2.69. The van der Waals surface area contributed by atoms with Gasteiger partial charge in [0.1, 0.15) is 12.2 Å². The van der Waals surface area contributed by atoms with Crippen LogP contribution in [0.3, 0.4) is 0 Å². The average Bonchev–Trinajstić information content (AvgIpc) is 2.78. The van der Waals surface area contributed by atoms with Crippen LogP contribution in [0.15, 0.2) is 96.2 Å². The number of hydrogen-bond donors (Lipinski definition) is 3. The van der Waals surface area contributed by atoms with Crippen LogP contribution in [-0.4, -0.2) is 34.4 Å². The molecular formula is C29H41NO3. The maximum absolute atomic E-state index is 12.4. The Balaban J connectivity index is 2.92. The van der Waals surface area contributed by atoms with Crippen molar-refractivity contribution in [2.24, 2.45) is 0 Å². The maximum Gasteiger partial charge on any atom is 0.244 e. The predicted molar refractivity (Wildman–Crippen MR) is 140 cm³/mol. The molecule has 3 N–H and O–H groups in total. The lowest BCUT2D eigenvalue weighted by molar-refractivity contribution is -0.117. The van der Waals surface area contributed by atoms with Crippen molar-refractivity contribution in [3.63, 3.8) is 0 Å². The largest absolute Gasteiger partial charge is 0.386 e. The third kappa shape index (κ3) is 14.9. The summed E-state index contributed by atoms with van der Waals surface area (Å²) in [5, 5.41) is 23.3. The third-order valence-corrected chi connectivity index (χ3v) is 5.11. The van der Waals surface area contributed by atoms with Crippen LogP contribution in [0.2, 0.25) is 0 Å². The topological polar surface area (TPSA) is 69.6 Å². The van der Waals surface area contributed by atoms with Crippen molar-refractivity contribution in [3.8, 4) is 0 Å². The fraction of sp³-hybridized carbons (Fsp3) is 0.414. The number of hydrogen-bond acceptors (Lipinski definition) is 3. The molecule has 0 aromatic carbocycles. The zero-order valence-electron chi connectivity index (χ0n) is 20.4. The molecule has 0 unspecified atom stereocenters. The zero-order chi connectivity index (χ0) is 24.3. The molecule has 1 amide bonds. The van der Waals surface area contributed by atoms with Gasteiger partial charge in [-0.2, -0.15) is 0 Å². The van der Waals surface area contributed by atoms with Crippen molar-refractivity contribution < 1.29 is 15.0 Å². The fourth-order valence-corrected chi connectivity index (χ4v) is 3.20. The van der Waals surface area contributed by atoms with Gasteiger partial charge in [-0.25, -0.2) is 0 Å². The summed E-state index contributed by atoms with van der Waals surface area (Å²) in [6.07, 6.45) is 29.9. The number of carbonyl (C=O) groups is 1. The lowest BCUT2D eigenvalue weighted by Crippen LogP contribution is -2.33. The Morgan fingerprint density at radius 1 is 0.970 bits per heavy atom. The maximum atomic E-state index is 12.4. The van der Waals surface area contributed by atoms with Crippen LogP contribution in [0.25, 0.3) is 0 Å². The molecule has 0 radical (unpaired) electrons. The number of rotatable bonds is 5. The fourth-order valence-electron chi connectivity index (χ4n) is 3.20.